The molecule has 3 saturated heterocycles. The molecule has 3 heterocycles. The predicted octanol–water partition coefficient (Wildman–Crippen LogP) is 0.859. The molecule has 0 amide bonds. The summed E-state index contributed by atoms with van der Waals surface area (Å²) < 4.78 is 0. The van der Waals surface area contributed by atoms with E-state index < -0.39 is 0 Å². The van der Waals surface area contributed by atoms with E-state index in [4.69, 9.17) is 0 Å². The third-order valence-electron chi connectivity index (χ3n) is 4.62. The molecule has 0 atom stereocenters. The van der Waals surface area contributed by atoms with Crippen LogP contribution in [0, 0.1) is 0 Å². The first-order valence-electron chi connectivity index (χ1n) is 6.77. The van der Waals surface area contributed by atoms with Gasteiger partial charge in [0.25, 0.3) is 0 Å². The minimum atomic E-state index is 0.373. The van der Waals surface area contributed by atoms with E-state index in [1.54, 1.807) is 0 Å². The first kappa shape index (κ1) is 11.0. The molecule has 0 aromatic rings. The van der Waals surface area contributed by atoms with Gasteiger partial charge in [-0.3, -0.25) is 14.7 Å². The van der Waals surface area contributed by atoms with Gasteiger partial charge < -0.3 is 0 Å². The maximum Gasteiger partial charge on any atom is 0.0352 e. The van der Waals surface area contributed by atoms with Gasteiger partial charge in [-0.1, -0.05) is 0 Å². The molecule has 92 valence electrons. The van der Waals surface area contributed by atoms with Crippen molar-refractivity contribution in [2.75, 3.05) is 39.3 Å². The van der Waals surface area contributed by atoms with Gasteiger partial charge in [-0.2, -0.15) is 0 Å². The third-order valence-corrected chi connectivity index (χ3v) is 4.62. The van der Waals surface area contributed by atoms with E-state index in [1.807, 2.05) is 0 Å². The molecular weight excluding hydrogens is 198 g/mol. The molecule has 0 aliphatic carbocycles. The minimum absolute atomic E-state index is 0.373. The van der Waals surface area contributed by atoms with Crippen molar-refractivity contribution in [1.82, 2.24) is 14.7 Å². The largest absolute Gasteiger partial charge is 0.298 e. The first-order valence-corrected chi connectivity index (χ1v) is 6.77. The molecule has 0 spiro atoms. The van der Waals surface area contributed by atoms with E-state index in [1.165, 1.54) is 45.7 Å². The molecule has 3 nitrogen and oxygen atoms in total. The Balaban J connectivity index is 1.39. The quantitative estimate of drug-likeness (QED) is 0.687. The minimum Gasteiger partial charge on any atom is -0.298 e. The van der Waals surface area contributed by atoms with Crippen LogP contribution in [0.1, 0.15) is 27.2 Å². The highest BCUT2D eigenvalue weighted by atomic mass is 15.4. The summed E-state index contributed by atoms with van der Waals surface area (Å²) in [7, 11) is 0. The van der Waals surface area contributed by atoms with E-state index in [2.05, 4.69) is 35.5 Å². The van der Waals surface area contributed by atoms with Crippen molar-refractivity contribution in [2.24, 2.45) is 0 Å². The number of likely N-dealkylation sites (tertiary alicyclic amines) is 3. The fourth-order valence-electron chi connectivity index (χ4n) is 2.96. The van der Waals surface area contributed by atoms with Crippen LogP contribution in [0.5, 0.6) is 0 Å². The van der Waals surface area contributed by atoms with Crippen molar-refractivity contribution < 1.29 is 0 Å². The fraction of sp³-hybridized carbons (Fsp3) is 1.00. The molecule has 16 heavy (non-hydrogen) atoms. The summed E-state index contributed by atoms with van der Waals surface area (Å²) in [6.07, 6.45) is 1.43. The average molecular weight is 223 g/mol. The van der Waals surface area contributed by atoms with Crippen LogP contribution in [0.4, 0.5) is 0 Å². The fourth-order valence-corrected chi connectivity index (χ4v) is 2.96. The number of nitrogens with zero attached hydrogens (tertiary/aromatic N) is 3. The van der Waals surface area contributed by atoms with Crippen molar-refractivity contribution in [3.63, 3.8) is 0 Å². The molecule has 3 aliphatic rings. The van der Waals surface area contributed by atoms with E-state index in [0.717, 1.165) is 12.1 Å². The molecular formula is C13H25N3. The second-order valence-electron chi connectivity index (χ2n) is 6.73. The molecule has 0 unspecified atom stereocenters. The van der Waals surface area contributed by atoms with Gasteiger partial charge in [-0.15, -0.1) is 0 Å². The van der Waals surface area contributed by atoms with Crippen LogP contribution in [0.2, 0.25) is 0 Å². The van der Waals surface area contributed by atoms with Crippen molar-refractivity contribution in [3.8, 4) is 0 Å². The van der Waals surface area contributed by atoms with Crippen LogP contribution in [0.25, 0.3) is 0 Å². The van der Waals surface area contributed by atoms with E-state index in [-0.39, 0.29) is 0 Å². The highest BCUT2D eigenvalue weighted by Gasteiger charge is 2.43. The zero-order valence-electron chi connectivity index (χ0n) is 10.9. The SMILES string of the molecule is CC(C)(C)N1CC(N2CC(N3CCC3)C2)C1. The summed E-state index contributed by atoms with van der Waals surface area (Å²) in [4.78, 5) is 7.93. The van der Waals surface area contributed by atoms with Crippen molar-refractivity contribution in [2.45, 2.75) is 44.8 Å². The monoisotopic (exact) mass is 223 g/mol. The van der Waals surface area contributed by atoms with Gasteiger partial charge in [-0.05, 0) is 40.3 Å². The number of hydrogen-bond acceptors (Lipinski definition) is 3. The molecule has 0 bridgehead atoms. The zero-order chi connectivity index (χ0) is 11.3. The molecule has 0 radical (unpaired) electrons. The Hall–Kier alpha value is -0.120. The lowest BCUT2D eigenvalue weighted by atomic mass is 9.92. The maximum atomic E-state index is 2.69. The molecule has 0 saturated carbocycles. The highest BCUT2D eigenvalue weighted by Crippen LogP contribution is 2.29. The Kier molecular flexibility index (Phi) is 2.54. The second kappa shape index (κ2) is 3.69. The maximum absolute atomic E-state index is 2.69. The summed E-state index contributed by atoms with van der Waals surface area (Å²) in [5, 5.41) is 0. The first-order chi connectivity index (χ1) is 7.54. The smallest absolute Gasteiger partial charge is 0.0352 e. The average Bonchev–Trinajstić information content (AvgIpc) is 1.89. The zero-order valence-corrected chi connectivity index (χ0v) is 10.9. The molecule has 3 rings (SSSR count). The number of rotatable bonds is 2. The van der Waals surface area contributed by atoms with Crippen LogP contribution in [-0.4, -0.2) is 71.6 Å². The Morgan fingerprint density at radius 2 is 1.38 bits per heavy atom. The highest BCUT2D eigenvalue weighted by molar-refractivity contribution is 5.01. The van der Waals surface area contributed by atoms with Crippen molar-refractivity contribution in [3.05, 3.63) is 0 Å². The van der Waals surface area contributed by atoms with Gasteiger partial charge in [0.15, 0.2) is 0 Å². The van der Waals surface area contributed by atoms with E-state index >= 15 is 0 Å². The Morgan fingerprint density at radius 3 is 1.81 bits per heavy atom. The summed E-state index contributed by atoms with van der Waals surface area (Å²) in [5.74, 6) is 0. The Bertz CT molecular complexity index is 255. The summed E-state index contributed by atoms with van der Waals surface area (Å²) >= 11 is 0. The van der Waals surface area contributed by atoms with E-state index in [0.29, 0.717) is 5.54 Å². The van der Waals surface area contributed by atoms with Gasteiger partial charge >= 0.3 is 0 Å². The molecule has 0 N–H and O–H groups in total. The standard InChI is InChI=1S/C13H25N3/c1-13(2,3)16-9-12(10-16)15-7-11(8-15)14-5-4-6-14/h11-12H,4-10H2,1-3H3. The van der Waals surface area contributed by atoms with Gasteiger partial charge in [0.1, 0.15) is 0 Å². The van der Waals surface area contributed by atoms with Crippen LogP contribution >= 0.6 is 0 Å². The Morgan fingerprint density at radius 1 is 0.812 bits per heavy atom. The summed E-state index contributed by atoms with van der Waals surface area (Å²) in [5.41, 5.74) is 0.373. The van der Waals surface area contributed by atoms with Gasteiger partial charge in [0, 0.05) is 43.8 Å². The molecule has 3 heteroatoms. The number of hydrogen-bond donors (Lipinski definition) is 0. The lowest BCUT2D eigenvalue weighted by Gasteiger charge is -2.58. The lowest BCUT2D eigenvalue weighted by Crippen LogP contribution is -2.72. The van der Waals surface area contributed by atoms with Gasteiger partial charge in [0.2, 0.25) is 0 Å². The second-order valence-corrected chi connectivity index (χ2v) is 6.73. The Labute approximate surface area is 99.4 Å². The van der Waals surface area contributed by atoms with Crippen molar-refractivity contribution in [1.29, 1.82) is 0 Å². The predicted molar refractivity (Wildman–Crippen MR) is 66.7 cm³/mol. The van der Waals surface area contributed by atoms with Gasteiger partial charge in [0.05, 0.1) is 0 Å². The van der Waals surface area contributed by atoms with Crippen LogP contribution < -0.4 is 0 Å². The van der Waals surface area contributed by atoms with Crippen LogP contribution in [0.3, 0.4) is 0 Å². The van der Waals surface area contributed by atoms with Crippen molar-refractivity contribution >= 4 is 0 Å². The van der Waals surface area contributed by atoms with Crippen LogP contribution in [-0.2, 0) is 0 Å². The van der Waals surface area contributed by atoms with E-state index in [9.17, 15) is 0 Å². The summed E-state index contributed by atoms with van der Waals surface area (Å²) in [6, 6.07) is 1.76. The third kappa shape index (κ3) is 1.79. The molecule has 3 fully saturated rings. The summed E-state index contributed by atoms with van der Waals surface area (Å²) in [6.45, 7) is 14.9. The molecule has 0 aromatic carbocycles. The molecule has 0 aromatic heterocycles. The van der Waals surface area contributed by atoms with Gasteiger partial charge in [-0.25, -0.2) is 0 Å². The normalized spacial score (nSPS) is 30.9. The topological polar surface area (TPSA) is 9.72 Å². The molecule has 3 aliphatic heterocycles. The van der Waals surface area contributed by atoms with Crippen LogP contribution in [0.15, 0.2) is 0 Å². The lowest BCUT2D eigenvalue weighted by molar-refractivity contribution is -0.0861.